The molecule has 3 atom stereocenters. The Balaban J connectivity index is 2.35. The van der Waals surface area contributed by atoms with Gasteiger partial charge in [0.05, 0.1) is 6.42 Å². The highest BCUT2D eigenvalue weighted by molar-refractivity contribution is 5.87. The molecule has 3 unspecified atom stereocenters. The lowest BCUT2D eigenvalue weighted by molar-refractivity contribution is -0.140. The Kier molecular flexibility index (Phi) is 5.59. The van der Waals surface area contributed by atoms with Gasteiger partial charge in [0.1, 0.15) is 6.04 Å². The smallest absolute Gasteiger partial charge is 0.326 e. The molecule has 0 aromatic carbocycles. The van der Waals surface area contributed by atoms with Crippen molar-refractivity contribution >= 4 is 17.9 Å². The molecule has 0 spiro atoms. The summed E-state index contributed by atoms with van der Waals surface area (Å²) in [5.74, 6) is -1.04. The van der Waals surface area contributed by atoms with Gasteiger partial charge in [-0.25, -0.2) is 9.59 Å². The molecule has 1 fully saturated rings. The molecule has 19 heavy (non-hydrogen) atoms. The monoisotopic (exact) mass is 271 g/mol. The van der Waals surface area contributed by atoms with Crippen LogP contribution in [0.1, 0.15) is 32.6 Å². The zero-order chi connectivity index (χ0) is 14.4. The number of carboxylic acids is 1. The van der Waals surface area contributed by atoms with Crippen molar-refractivity contribution in [3.8, 4) is 0 Å². The second-order valence-corrected chi connectivity index (χ2v) is 5.08. The Morgan fingerprint density at radius 1 is 1.37 bits per heavy atom. The molecule has 0 heterocycles. The Labute approximate surface area is 111 Å². The molecular formula is C12H21N3O4. The first-order valence-corrected chi connectivity index (χ1v) is 6.45. The van der Waals surface area contributed by atoms with Crippen molar-refractivity contribution in [2.75, 3.05) is 6.54 Å². The number of carbonyl (C=O) groups excluding carboxylic acids is 2. The van der Waals surface area contributed by atoms with E-state index in [4.69, 9.17) is 10.8 Å². The Morgan fingerprint density at radius 3 is 2.53 bits per heavy atom. The number of hydrogen-bond acceptors (Lipinski definition) is 3. The van der Waals surface area contributed by atoms with Crippen molar-refractivity contribution < 1.29 is 19.5 Å². The number of carboxylic acid groups (broad SMARTS) is 1. The zero-order valence-corrected chi connectivity index (χ0v) is 11.0. The maximum atomic E-state index is 11.6. The molecule has 0 aromatic heterocycles. The van der Waals surface area contributed by atoms with Crippen molar-refractivity contribution in [3.63, 3.8) is 0 Å². The Bertz CT molecular complexity index is 359. The molecule has 1 rings (SSSR count). The second-order valence-electron chi connectivity index (χ2n) is 5.08. The summed E-state index contributed by atoms with van der Waals surface area (Å²) in [7, 11) is 0. The van der Waals surface area contributed by atoms with E-state index in [0.717, 1.165) is 19.3 Å². The van der Waals surface area contributed by atoms with Gasteiger partial charge >= 0.3 is 12.0 Å². The standard InChI is InChI=1S/C12H21N3O4/c1-7-3-2-4-8(7)6-14-12(19)15-9(11(17)18)5-10(13)16/h7-9H,2-6H2,1H3,(H2,13,16)(H,17,18)(H2,14,15,19). The number of urea groups is 1. The molecule has 7 heteroatoms. The number of rotatable bonds is 6. The SMILES string of the molecule is CC1CCCC1CNC(=O)NC(CC(N)=O)C(=O)O. The predicted octanol–water partition coefficient (Wildman–Crippen LogP) is 0.0504. The van der Waals surface area contributed by atoms with E-state index >= 15 is 0 Å². The lowest BCUT2D eigenvalue weighted by Gasteiger charge is -2.18. The van der Waals surface area contributed by atoms with Gasteiger partial charge in [-0.1, -0.05) is 19.8 Å². The molecule has 7 nitrogen and oxygen atoms in total. The molecule has 108 valence electrons. The van der Waals surface area contributed by atoms with Crippen LogP contribution in [0.15, 0.2) is 0 Å². The lowest BCUT2D eigenvalue weighted by Crippen LogP contribution is -2.48. The number of carbonyl (C=O) groups is 3. The van der Waals surface area contributed by atoms with Crippen LogP contribution in [0.3, 0.4) is 0 Å². The van der Waals surface area contributed by atoms with E-state index in [1.807, 2.05) is 0 Å². The summed E-state index contributed by atoms with van der Waals surface area (Å²) in [6.07, 6.45) is 2.98. The van der Waals surface area contributed by atoms with Crippen molar-refractivity contribution in [1.82, 2.24) is 10.6 Å². The third kappa shape index (κ3) is 5.15. The summed E-state index contributed by atoms with van der Waals surface area (Å²) in [6.45, 7) is 2.67. The zero-order valence-electron chi connectivity index (χ0n) is 11.0. The van der Waals surface area contributed by atoms with Gasteiger partial charge in [0, 0.05) is 6.54 Å². The molecule has 0 bridgehead atoms. The number of aliphatic carboxylic acids is 1. The van der Waals surface area contributed by atoms with E-state index in [1.54, 1.807) is 0 Å². The second kappa shape index (κ2) is 6.96. The highest BCUT2D eigenvalue weighted by Crippen LogP contribution is 2.30. The molecule has 1 aliphatic rings. The molecule has 1 saturated carbocycles. The summed E-state index contributed by atoms with van der Waals surface area (Å²) >= 11 is 0. The summed E-state index contributed by atoms with van der Waals surface area (Å²) in [6, 6.07) is -1.86. The summed E-state index contributed by atoms with van der Waals surface area (Å²) in [5, 5.41) is 13.7. The average Bonchev–Trinajstić information content (AvgIpc) is 2.70. The molecular weight excluding hydrogens is 250 g/mol. The van der Waals surface area contributed by atoms with Crippen molar-refractivity contribution in [3.05, 3.63) is 0 Å². The van der Waals surface area contributed by atoms with E-state index in [2.05, 4.69) is 17.6 Å². The van der Waals surface area contributed by atoms with E-state index in [9.17, 15) is 14.4 Å². The van der Waals surface area contributed by atoms with Crippen LogP contribution in [0.4, 0.5) is 4.79 Å². The van der Waals surface area contributed by atoms with Crippen LogP contribution < -0.4 is 16.4 Å². The van der Waals surface area contributed by atoms with Crippen LogP contribution in [0.5, 0.6) is 0 Å². The fraction of sp³-hybridized carbons (Fsp3) is 0.750. The highest BCUT2D eigenvalue weighted by Gasteiger charge is 2.25. The number of hydrogen-bond donors (Lipinski definition) is 4. The Morgan fingerprint density at radius 2 is 2.05 bits per heavy atom. The highest BCUT2D eigenvalue weighted by atomic mass is 16.4. The topological polar surface area (TPSA) is 122 Å². The largest absolute Gasteiger partial charge is 0.480 e. The summed E-state index contributed by atoms with van der Waals surface area (Å²) < 4.78 is 0. The van der Waals surface area contributed by atoms with E-state index < -0.39 is 30.4 Å². The molecule has 0 aromatic rings. The number of nitrogens with one attached hydrogen (secondary N) is 2. The van der Waals surface area contributed by atoms with Crippen LogP contribution in [-0.4, -0.2) is 35.6 Å². The minimum absolute atomic E-state index is 0.414. The van der Waals surface area contributed by atoms with Crippen LogP contribution in [0.2, 0.25) is 0 Å². The quantitative estimate of drug-likeness (QED) is 0.545. The number of primary amides is 1. The Hall–Kier alpha value is -1.79. The van der Waals surface area contributed by atoms with E-state index in [-0.39, 0.29) is 0 Å². The van der Waals surface area contributed by atoms with Crippen LogP contribution in [-0.2, 0) is 9.59 Å². The first-order chi connectivity index (χ1) is 8.90. The molecule has 3 amide bonds. The van der Waals surface area contributed by atoms with Crippen LogP contribution in [0.25, 0.3) is 0 Å². The summed E-state index contributed by atoms with van der Waals surface area (Å²) in [4.78, 5) is 33.1. The van der Waals surface area contributed by atoms with Gasteiger partial charge in [-0.3, -0.25) is 4.79 Å². The minimum atomic E-state index is -1.28. The van der Waals surface area contributed by atoms with Gasteiger partial charge < -0.3 is 21.5 Å². The maximum absolute atomic E-state index is 11.6. The third-order valence-corrected chi connectivity index (χ3v) is 3.57. The molecule has 0 aliphatic heterocycles. The first kappa shape index (κ1) is 15.3. The molecule has 0 radical (unpaired) electrons. The van der Waals surface area contributed by atoms with Gasteiger partial charge in [-0.2, -0.15) is 0 Å². The fourth-order valence-corrected chi connectivity index (χ4v) is 2.36. The van der Waals surface area contributed by atoms with Crippen molar-refractivity contribution in [1.29, 1.82) is 0 Å². The molecule has 0 saturated heterocycles. The molecule has 1 aliphatic carbocycles. The van der Waals surface area contributed by atoms with Gasteiger partial charge in [0.25, 0.3) is 0 Å². The van der Waals surface area contributed by atoms with Gasteiger partial charge in [-0.05, 0) is 18.3 Å². The number of amides is 3. The maximum Gasteiger partial charge on any atom is 0.326 e. The normalized spacial score (nSPS) is 23.6. The van der Waals surface area contributed by atoms with Gasteiger partial charge in [-0.15, -0.1) is 0 Å². The predicted molar refractivity (Wildman–Crippen MR) is 68.3 cm³/mol. The number of nitrogens with two attached hydrogens (primary N) is 1. The van der Waals surface area contributed by atoms with Crippen molar-refractivity contribution in [2.24, 2.45) is 17.6 Å². The summed E-state index contributed by atoms with van der Waals surface area (Å²) in [5.41, 5.74) is 4.92. The average molecular weight is 271 g/mol. The lowest BCUT2D eigenvalue weighted by atomic mass is 9.98. The first-order valence-electron chi connectivity index (χ1n) is 6.45. The van der Waals surface area contributed by atoms with E-state index in [1.165, 1.54) is 0 Å². The third-order valence-electron chi connectivity index (χ3n) is 3.57. The van der Waals surface area contributed by atoms with Gasteiger partial charge in [0.2, 0.25) is 5.91 Å². The van der Waals surface area contributed by atoms with Gasteiger partial charge in [0.15, 0.2) is 0 Å². The fourth-order valence-electron chi connectivity index (χ4n) is 2.36. The minimum Gasteiger partial charge on any atom is -0.480 e. The molecule has 5 N–H and O–H groups in total. The van der Waals surface area contributed by atoms with Crippen molar-refractivity contribution in [2.45, 2.75) is 38.6 Å². The van der Waals surface area contributed by atoms with E-state index in [0.29, 0.717) is 18.4 Å². The van der Waals surface area contributed by atoms with Crippen LogP contribution >= 0.6 is 0 Å². The van der Waals surface area contributed by atoms with Crippen LogP contribution in [0, 0.1) is 11.8 Å².